The molecule has 0 atom stereocenters. The molecule has 0 heterocycles. The van der Waals surface area contributed by atoms with Crippen molar-refractivity contribution in [2.45, 2.75) is 13.3 Å². The van der Waals surface area contributed by atoms with Crippen molar-refractivity contribution in [2.75, 3.05) is 0 Å². The molecule has 0 aliphatic heterocycles. The average molecular weight is 125 g/mol. The van der Waals surface area contributed by atoms with Crippen LogP contribution in [0.1, 0.15) is 13.3 Å². The van der Waals surface area contributed by atoms with Crippen molar-refractivity contribution in [3.8, 4) is 0 Å². The van der Waals surface area contributed by atoms with Crippen LogP contribution in [0.3, 0.4) is 0 Å². The molecular formula is C7H9O2. The lowest BCUT2D eigenvalue weighted by atomic mass is 10.4. The monoisotopic (exact) mass is 125 g/mol. The maximum atomic E-state index is 9.42. The van der Waals surface area contributed by atoms with Crippen molar-refractivity contribution in [1.29, 1.82) is 0 Å². The first-order valence-corrected chi connectivity index (χ1v) is 2.70. The molecule has 0 amide bonds. The van der Waals surface area contributed by atoms with E-state index in [1.165, 1.54) is 12.7 Å². The van der Waals surface area contributed by atoms with Crippen molar-refractivity contribution < 1.29 is 9.53 Å². The largest absolute Gasteiger partial charge is 0.426 e. The molecule has 0 aromatic rings. The van der Waals surface area contributed by atoms with E-state index in [1.54, 1.807) is 6.08 Å². The second kappa shape index (κ2) is 6.95. The van der Waals surface area contributed by atoms with Crippen LogP contribution >= 0.6 is 0 Å². The van der Waals surface area contributed by atoms with Gasteiger partial charge in [-0.15, -0.1) is 0 Å². The van der Waals surface area contributed by atoms with Crippen molar-refractivity contribution in [1.82, 2.24) is 0 Å². The molecule has 0 rings (SSSR count). The molecule has 2 heteroatoms. The Labute approximate surface area is 54.8 Å². The molecule has 0 saturated heterocycles. The maximum absolute atomic E-state index is 9.42. The van der Waals surface area contributed by atoms with Crippen LogP contribution in [-0.4, -0.2) is 6.47 Å². The van der Waals surface area contributed by atoms with Gasteiger partial charge in [-0.1, -0.05) is 12.2 Å². The topological polar surface area (TPSA) is 26.3 Å². The molecule has 0 aromatic heterocycles. The first kappa shape index (κ1) is 7.95. The van der Waals surface area contributed by atoms with Gasteiger partial charge in [0.2, 0.25) is 0 Å². The van der Waals surface area contributed by atoms with Crippen LogP contribution in [0.25, 0.3) is 0 Å². The molecule has 0 aliphatic carbocycles. The standard InChI is InChI=1S/C7H9O2/c1-2-3-4-5-6-9-7-8/h2-3,5-6H,4H2,1H3. The van der Waals surface area contributed by atoms with E-state index < -0.39 is 0 Å². The molecule has 0 aliphatic rings. The Morgan fingerprint density at radius 2 is 2.33 bits per heavy atom. The van der Waals surface area contributed by atoms with E-state index in [4.69, 9.17) is 0 Å². The zero-order chi connectivity index (χ0) is 6.95. The third kappa shape index (κ3) is 6.95. The number of carbonyl (C=O) groups excluding carboxylic acids is 1. The highest BCUT2D eigenvalue weighted by atomic mass is 16.5. The summed E-state index contributed by atoms with van der Waals surface area (Å²) in [4.78, 5) is 9.42. The highest BCUT2D eigenvalue weighted by Crippen LogP contribution is 1.84. The number of allylic oxidation sites excluding steroid dienone is 3. The van der Waals surface area contributed by atoms with Gasteiger partial charge in [-0.25, -0.2) is 4.79 Å². The van der Waals surface area contributed by atoms with E-state index in [1.807, 2.05) is 19.1 Å². The lowest BCUT2D eigenvalue weighted by Crippen LogP contribution is -1.70. The molecule has 0 N–H and O–H groups in total. The van der Waals surface area contributed by atoms with Gasteiger partial charge in [-0.3, -0.25) is 0 Å². The summed E-state index contributed by atoms with van der Waals surface area (Å²) in [5.74, 6) is 0. The van der Waals surface area contributed by atoms with Gasteiger partial charge in [0.1, 0.15) is 0 Å². The smallest absolute Gasteiger partial charge is 0.422 e. The fourth-order valence-electron chi connectivity index (χ4n) is 0.346. The van der Waals surface area contributed by atoms with Crippen LogP contribution in [0.2, 0.25) is 0 Å². The van der Waals surface area contributed by atoms with Crippen LogP contribution in [0, 0.1) is 0 Å². The molecule has 0 unspecified atom stereocenters. The second-order valence-corrected chi connectivity index (χ2v) is 1.38. The van der Waals surface area contributed by atoms with Gasteiger partial charge in [0.05, 0.1) is 6.26 Å². The molecule has 9 heavy (non-hydrogen) atoms. The Kier molecular flexibility index (Phi) is 6.14. The highest BCUT2D eigenvalue weighted by molar-refractivity contribution is 5.39. The Bertz CT molecular complexity index is 114. The van der Waals surface area contributed by atoms with Gasteiger partial charge in [-0.2, -0.15) is 0 Å². The summed E-state index contributed by atoms with van der Waals surface area (Å²) in [7, 11) is 0. The van der Waals surface area contributed by atoms with Crippen LogP contribution in [0.5, 0.6) is 0 Å². The molecule has 0 fully saturated rings. The third-order valence-electron chi connectivity index (χ3n) is 0.720. The SMILES string of the molecule is CC=CCC=CO[C]=O. The van der Waals surface area contributed by atoms with Gasteiger partial charge in [0.25, 0.3) is 0 Å². The maximum Gasteiger partial charge on any atom is 0.422 e. The zero-order valence-electron chi connectivity index (χ0n) is 5.33. The predicted molar refractivity (Wildman–Crippen MR) is 35.3 cm³/mol. The molecule has 1 radical (unpaired) electrons. The predicted octanol–water partition coefficient (Wildman–Crippen LogP) is 1.55. The van der Waals surface area contributed by atoms with E-state index in [9.17, 15) is 4.79 Å². The van der Waals surface area contributed by atoms with E-state index in [2.05, 4.69) is 4.74 Å². The fourth-order valence-corrected chi connectivity index (χ4v) is 0.346. The minimum Gasteiger partial charge on any atom is -0.426 e. The lowest BCUT2D eigenvalue weighted by molar-refractivity contribution is 0.397. The molecule has 49 valence electrons. The summed E-state index contributed by atoms with van der Waals surface area (Å²) in [6, 6.07) is 0. The lowest BCUT2D eigenvalue weighted by Gasteiger charge is -1.79. The van der Waals surface area contributed by atoms with Crippen LogP contribution in [0.15, 0.2) is 24.5 Å². The van der Waals surface area contributed by atoms with Crippen molar-refractivity contribution >= 4 is 6.47 Å². The Morgan fingerprint density at radius 1 is 1.56 bits per heavy atom. The zero-order valence-corrected chi connectivity index (χ0v) is 5.33. The van der Waals surface area contributed by atoms with Crippen LogP contribution < -0.4 is 0 Å². The van der Waals surface area contributed by atoms with E-state index >= 15 is 0 Å². The quantitative estimate of drug-likeness (QED) is 0.421. The average Bonchev–Trinajstić information content (AvgIpc) is 1.89. The summed E-state index contributed by atoms with van der Waals surface area (Å²) < 4.78 is 4.16. The van der Waals surface area contributed by atoms with Gasteiger partial charge in [0.15, 0.2) is 0 Å². The molecule has 0 aromatic carbocycles. The van der Waals surface area contributed by atoms with Gasteiger partial charge in [0, 0.05) is 0 Å². The molecule has 0 bridgehead atoms. The minimum absolute atomic E-state index is 0.790. The summed E-state index contributed by atoms with van der Waals surface area (Å²) in [6.07, 6.45) is 7.70. The highest BCUT2D eigenvalue weighted by Gasteiger charge is 1.70. The Balaban J connectivity index is 3.14. The van der Waals surface area contributed by atoms with Crippen molar-refractivity contribution in [3.63, 3.8) is 0 Å². The third-order valence-corrected chi connectivity index (χ3v) is 0.720. The number of hydrogen-bond donors (Lipinski definition) is 0. The number of hydrogen-bond acceptors (Lipinski definition) is 2. The molecule has 0 saturated carbocycles. The summed E-state index contributed by atoms with van der Waals surface area (Å²) in [5, 5.41) is 0. The Hall–Kier alpha value is -1.05. The second-order valence-electron chi connectivity index (χ2n) is 1.38. The summed E-state index contributed by atoms with van der Waals surface area (Å²) in [6.45, 7) is 3.21. The van der Waals surface area contributed by atoms with E-state index in [0.717, 1.165) is 6.42 Å². The number of rotatable bonds is 4. The normalized spacial score (nSPS) is 10.8. The van der Waals surface area contributed by atoms with Crippen molar-refractivity contribution in [2.24, 2.45) is 0 Å². The van der Waals surface area contributed by atoms with Gasteiger partial charge >= 0.3 is 6.47 Å². The van der Waals surface area contributed by atoms with Gasteiger partial charge < -0.3 is 4.74 Å². The summed E-state index contributed by atoms with van der Waals surface area (Å²) >= 11 is 0. The molecule has 0 spiro atoms. The van der Waals surface area contributed by atoms with Crippen LogP contribution in [-0.2, 0) is 9.53 Å². The minimum atomic E-state index is 0.790. The number of ether oxygens (including phenoxy) is 1. The fraction of sp³-hybridized carbons (Fsp3) is 0.286. The summed E-state index contributed by atoms with van der Waals surface area (Å²) in [5.41, 5.74) is 0. The first-order valence-electron chi connectivity index (χ1n) is 2.70. The van der Waals surface area contributed by atoms with E-state index in [-0.39, 0.29) is 0 Å². The first-order chi connectivity index (χ1) is 4.41. The molecule has 2 nitrogen and oxygen atoms in total. The van der Waals surface area contributed by atoms with E-state index in [0.29, 0.717) is 0 Å². The molecular weight excluding hydrogens is 116 g/mol. The van der Waals surface area contributed by atoms with Gasteiger partial charge in [-0.05, 0) is 19.4 Å². The van der Waals surface area contributed by atoms with Crippen LogP contribution in [0.4, 0.5) is 0 Å². The Morgan fingerprint density at radius 3 is 2.89 bits per heavy atom. The van der Waals surface area contributed by atoms with Crippen molar-refractivity contribution in [3.05, 3.63) is 24.5 Å².